The Morgan fingerprint density at radius 2 is 1.79 bits per heavy atom. The van der Waals surface area contributed by atoms with Crippen molar-refractivity contribution in [2.24, 2.45) is 11.3 Å². The van der Waals surface area contributed by atoms with Crippen LogP contribution >= 0.6 is 0 Å². The Bertz CT molecular complexity index is 323. The third kappa shape index (κ3) is 5.19. The molecular weight excluding hydrogens is 242 g/mol. The van der Waals surface area contributed by atoms with Crippen LogP contribution in [0.3, 0.4) is 0 Å². The summed E-state index contributed by atoms with van der Waals surface area (Å²) in [4.78, 5) is 22.6. The number of amides is 3. The first-order chi connectivity index (χ1) is 8.84. The van der Waals surface area contributed by atoms with Gasteiger partial charge < -0.3 is 10.6 Å². The van der Waals surface area contributed by atoms with Gasteiger partial charge in [-0.2, -0.15) is 0 Å². The normalized spacial score (nSPS) is 23.8. The van der Waals surface area contributed by atoms with E-state index in [2.05, 4.69) is 36.7 Å². The van der Waals surface area contributed by atoms with Crippen molar-refractivity contribution in [1.29, 1.82) is 0 Å². The van der Waals surface area contributed by atoms with E-state index < -0.39 is 6.03 Å². The van der Waals surface area contributed by atoms with Gasteiger partial charge in [-0.15, -0.1) is 0 Å². The topological polar surface area (TPSA) is 70.2 Å². The summed E-state index contributed by atoms with van der Waals surface area (Å²) in [6, 6.07) is -0.0907. The van der Waals surface area contributed by atoms with E-state index in [-0.39, 0.29) is 17.9 Å². The zero-order chi connectivity index (χ0) is 14.5. The van der Waals surface area contributed by atoms with Gasteiger partial charge in [0.2, 0.25) is 5.91 Å². The maximum absolute atomic E-state index is 11.6. The van der Waals surface area contributed by atoms with Crippen molar-refractivity contribution in [3.05, 3.63) is 0 Å². The highest BCUT2D eigenvalue weighted by molar-refractivity contribution is 5.95. The highest BCUT2D eigenvalue weighted by Gasteiger charge is 2.33. The van der Waals surface area contributed by atoms with Gasteiger partial charge in [-0.25, -0.2) is 4.79 Å². The number of imide groups is 1. The molecule has 0 aromatic heterocycles. The molecule has 19 heavy (non-hydrogen) atoms. The van der Waals surface area contributed by atoms with Gasteiger partial charge in [0.1, 0.15) is 0 Å². The van der Waals surface area contributed by atoms with Crippen molar-refractivity contribution < 1.29 is 9.59 Å². The quantitative estimate of drug-likeness (QED) is 0.729. The van der Waals surface area contributed by atoms with Gasteiger partial charge in [0.25, 0.3) is 0 Å². The fourth-order valence-electron chi connectivity index (χ4n) is 2.87. The van der Waals surface area contributed by atoms with Crippen LogP contribution in [0.2, 0.25) is 0 Å². The smallest absolute Gasteiger partial charge is 0.321 e. The van der Waals surface area contributed by atoms with Crippen molar-refractivity contribution >= 4 is 11.9 Å². The molecule has 0 heterocycles. The Morgan fingerprint density at radius 3 is 2.37 bits per heavy atom. The number of urea groups is 1. The molecule has 2 atom stereocenters. The molecule has 3 amide bonds. The molecule has 0 spiro atoms. The highest BCUT2D eigenvalue weighted by Crippen LogP contribution is 2.37. The fraction of sp³-hybridized carbons (Fsp3) is 0.857. The van der Waals surface area contributed by atoms with E-state index in [0.717, 1.165) is 6.42 Å². The maximum atomic E-state index is 11.6. The van der Waals surface area contributed by atoms with Gasteiger partial charge in [-0.3, -0.25) is 10.1 Å². The first kappa shape index (κ1) is 16.0. The van der Waals surface area contributed by atoms with E-state index in [0.29, 0.717) is 12.0 Å². The van der Waals surface area contributed by atoms with E-state index in [1.807, 2.05) is 0 Å². The fourth-order valence-corrected chi connectivity index (χ4v) is 2.87. The van der Waals surface area contributed by atoms with Crippen LogP contribution in [-0.2, 0) is 4.79 Å². The van der Waals surface area contributed by atoms with E-state index in [1.54, 1.807) is 0 Å². The first-order valence-corrected chi connectivity index (χ1v) is 7.09. The Balaban J connectivity index is 2.45. The lowest BCUT2D eigenvalue weighted by molar-refractivity contribution is -0.119. The van der Waals surface area contributed by atoms with Crippen LogP contribution in [0.5, 0.6) is 0 Å². The summed E-state index contributed by atoms with van der Waals surface area (Å²) in [5.74, 6) is 0.298. The largest absolute Gasteiger partial charge is 0.341 e. The van der Waals surface area contributed by atoms with Gasteiger partial charge in [-0.05, 0) is 24.2 Å². The minimum absolute atomic E-state index is 0.199. The van der Waals surface area contributed by atoms with Crippen LogP contribution in [0.25, 0.3) is 0 Å². The molecule has 3 N–H and O–H groups in total. The van der Waals surface area contributed by atoms with Crippen molar-refractivity contribution in [2.45, 2.75) is 52.5 Å². The molecule has 0 unspecified atom stereocenters. The minimum atomic E-state index is -0.456. The second-order valence-corrected chi connectivity index (χ2v) is 6.37. The van der Waals surface area contributed by atoms with Gasteiger partial charge in [-0.1, -0.05) is 33.6 Å². The van der Waals surface area contributed by atoms with Crippen LogP contribution in [0.4, 0.5) is 4.79 Å². The van der Waals surface area contributed by atoms with Gasteiger partial charge in [0.05, 0.1) is 6.54 Å². The first-order valence-electron chi connectivity index (χ1n) is 7.09. The molecule has 5 nitrogen and oxygen atoms in total. The van der Waals surface area contributed by atoms with Crippen LogP contribution in [0.15, 0.2) is 0 Å². The highest BCUT2D eigenvalue weighted by atomic mass is 16.2. The van der Waals surface area contributed by atoms with Crippen LogP contribution in [0.1, 0.15) is 46.5 Å². The van der Waals surface area contributed by atoms with Crippen molar-refractivity contribution in [3.8, 4) is 0 Å². The predicted octanol–water partition coefficient (Wildman–Crippen LogP) is 1.64. The van der Waals surface area contributed by atoms with Crippen molar-refractivity contribution in [1.82, 2.24) is 16.0 Å². The van der Waals surface area contributed by atoms with Gasteiger partial charge in [0, 0.05) is 13.1 Å². The molecule has 1 aliphatic rings. The Hall–Kier alpha value is -1.10. The molecule has 0 aromatic carbocycles. The SMILES string of the molecule is CNC(=O)NC(=O)CN[C@@H]1CCCC[C@H]1C(C)(C)C. The van der Waals surface area contributed by atoms with E-state index in [4.69, 9.17) is 0 Å². The summed E-state index contributed by atoms with van der Waals surface area (Å²) in [6.07, 6.45) is 4.79. The Morgan fingerprint density at radius 1 is 1.16 bits per heavy atom. The lowest BCUT2D eigenvalue weighted by Gasteiger charge is -2.40. The van der Waals surface area contributed by atoms with Crippen LogP contribution < -0.4 is 16.0 Å². The number of hydrogen-bond donors (Lipinski definition) is 3. The van der Waals surface area contributed by atoms with E-state index in [1.165, 1.54) is 26.3 Å². The molecule has 1 fully saturated rings. The standard InChI is InChI=1S/C14H27N3O2/c1-14(2,3)10-7-5-6-8-11(10)16-9-12(18)17-13(19)15-4/h10-11,16H,5-9H2,1-4H3,(H2,15,17,18,19)/t10-,11-/m1/s1. The number of carbonyl (C=O) groups excluding carboxylic acids is 2. The van der Waals surface area contributed by atoms with Crippen molar-refractivity contribution in [2.75, 3.05) is 13.6 Å². The molecule has 0 saturated heterocycles. The molecule has 110 valence electrons. The molecule has 1 saturated carbocycles. The summed E-state index contributed by atoms with van der Waals surface area (Å²) < 4.78 is 0. The lowest BCUT2D eigenvalue weighted by Crippen LogP contribution is -2.49. The summed E-state index contributed by atoms with van der Waals surface area (Å²) in [5, 5.41) is 7.95. The predicted molar refractivity (Wildman–Crippen MR) is 75.8 cm³/mol. The summed E-state index contributed by atoms with van der Waals surface area (Å²) in [6.45, 7) is 6.96. The Labute approximate surface area is 115 Å². The second kappa shape index (κ2) is 6.89. The molecule has 0 bridgehead atoms. The maximum Gasteiger partial charge on any atom is 0.321 e. The Kier molecular flexibility index (Phi) is 5.79. The number of hydrogen-bond acceptors (Lipinski definition) is 3. The number of nitrogens with one attached hydrogen (secondary N) is 3. The van der Waals surface area contributed by atoms with Crippen LogP contribution in [0, 0.1) is 11.3 Å². The lowest BCUT2D eigenvalue weighted by atomic mass is 9.69. The van der Waals surface area contributed by atoms with Crippen LogP contribution in [-0.4, -0.2) is 31.6 Å². The molecule has 1 aliphatic carbocycles. The third-order valence-electron chi connectivity index (χ3n) is 3.88. The minimum Gasteiger partial charge on any atom is -0.341 e. The zero-order valence-corrected chi connectivity index (χ0v) is 12.5. The summed E-state index contributed by atoms with van der Waals surface area (Å²) in [7, 11) is 1.49. The van der Waals surface area contributed by atoms with E-state index >= 15 is 0 Å². The van der Waals surface area contributed by atoms with E-state index in [9.17, 15) is 9.59 Å². The average Bonchev–Trinajstić information content (AvgIpc) is 2.35. The molecule has 0 aliphatic heterocycles. The third-order valence-corrected chi connectivity index (χ3v) is 3.88. The molecular formula is C14H27N3O2. The molecule has 0 radical (unpaired) electrons. The monoisotopic (exact) mass is 269 g/mol. The molecule has 1 rings (SSSR count). The van der Waals surface area contributed by atoms with Gasteiger partial charge >= 0.3 is 6.03 Å². The second-order valence-electron chi connectivity index (χ2n) is 6.37. The van der Waals surface area contributed by atoms with Gasteiger partial charge in [0.15, 0.2) is 0 Å². The van der Waals surface area contributed by atoms with Crippen molar-refractivity contribution in [3.63, 3.8) is 0 Å². The number of carbonyl (C=O) groups is 2. The average molecular weight is 269 g/mol. The number of rotatable bonds is 3. The zero-order valence-electron chi connectivity index (χ0n) is 12.5. The molecule has 5 heteroatoms. The summed E-state index contributed by atoms with van der Waals surface area (Å²) >= 11 is 0. The molecule has 0 aromatic rings. The summed E-state index contributed by atoms with van der Waals surface area (Å²) in [5.41, 5.74) is 0.245.